The second kappa shape index (κ2) is 6.19. The molecule has 1 aromatic carbocycles. The Labute approximate surface area is 127 Å². The standard InChI is InChI=1S/C13H9BrINO2/c14-12-7-5-9(18-12)6-8-13(17)16-11-4-2-1-3-10(11)15/h1-8H,(H,16,17)/b8-6+. The molecule has 0 saturated carbocycles. The maximum Gasteiger partial charge on any atom is 0.248 e. The van der Waals surface area contributed by atoms with Crippen LogP contribution in [0.4, 0.5) is 5.69 Å². The molecule has 1 heterocycles. The third kappa shape index (κ3) is 3.71. The van der Waals surface area contributed by atoms with Gasteiger partial charge in [-0.05, 0) is 68.9 Å². The van der Waals surface area contributed by atoms with E-state index >= 15 is 0 Å². The molecule has 18 heavy (non-hydrogen) atoms. The van der Waals surface area contributed by atoms with Crippen LogP contribution in [-0.4, -0.2) is 5.91 Å². The molecule has 0 radical (unpaired) electrons. The molecule has 1 N–H and O–H groups in total. The minimum atomic E-state index is -0.188. The van der Waals surface area contributed by atoms with Crippen LogP contribution in [0.3, 0.4) is 0 Å². The molecule has 0 spiro atoms. The van der Waals surface area contributed by atoms with Crippen molar-refractivity contribution in [2.24, 2.45) is 0 Å². The van der Waals surface area contributed by atoms with Crippen LogP contribution in [0.25, 0.3) is 6.08 Å². The summed E-state index contributed by atoms with van der Waals surface area (Å²) in [6.07, 6.45) is 3.06. The van der Waals surface area contributed by atoms with Crippen molar-refractivity contribution in [2.75, 3.05) is 5.32 Å². The fourth-order valence-electron chi connectivity index (χ4n) is 1.31. The highest BCUT2D eigenvalue weighted by Gasteiger charge is 2.02. The zero-order chi connectivity index (χ0) is 13.0. The van der Waals surface area contributed by atoms with Crippen LogP contribution in [0.15, 0.2) is 51.6 Å². The average molecular weight is 418 g/mol. The summed E-state index contributed by atoms with van der Waals surface area (Å²) in [5.74, 6) is 0.437. The van der Waals surface area contributed by atoms with Gasteiger partial charge in [-0.2, -0.15) is 0 Å². The molecular formula is C13H9BrINO2. The summed E-state index contributed by atoms with van der Waals surface area (Å²) in [5, 5.41) is 2.80. The van der Waals surface area contributed by atoms with E-state index in [-0.39, 0.29) is 5.91 Å². The molecule has 5 heteroatoms. The lowest BCUT2D eigenvalue weighted by molar-refractivity contribution is -0.111. The average Bonchev–Trinajstić information content (AvgIpc) is 2.76. The number of amides is 1. The van der Waals surface area contributed by atoms with Gasteiger partial charge in [0.15, 0.2) is 4.67 Å². The molecule has 1 amide bonds. The molecule has 0 unspecified atom stereocenters. The van der Waals surface area contributed by atoms with Gasteiger partial charge in [0, 0.05) is 9.65 Å². The summed E-state index contributed by atoms with van der Waals surface area (Å²) < 4.78 is 6.89. The molecule has 2 rings (SSSR count). The first-order valence-electron chi connectivity index (χ1n) is 5.14. The number of nitrogens with one attached hydrogen (secondary N) is 1. The molecule has 0 aliphatic carbocycles. The van der Waals surface area contributed by atoms with Crippen LogP contribution in [0.5, 0.6) is 0 Å². The van der Waals surface area contributed by atoms with Gasteiger partial charge in [-0.3, -0.25) is 4.79 Å². The maximum absolute atomic E-state index is 11.7. The predicted octanol–water partition coefficient (Wildman–Crippen LogP) is 4.30. The van der Waals surface area contributed by atoms with Crippen molar-refractivity contribution in [1.29, 1.82) is 0 Å². The first-order chi connectivity index (χ1) is 8.65. The predicted molar refractivity (Wildman–Crippen MR) is 83.2 cm³/mol. The summed E-state index contributed by atoms with van der Waals surface area (Å²) in [6, 6.07) is 11.1. The number of carbonyl (C=O) groups is 1. The summed E-state index contributed by atoms with van der Waals surface area (Å²) in [4.78, 5) is 11.7. The van der Waals surface area contributed by atoms with Gasteiger partial charge in [0.05, 0.1) is 5.69 Å². The minimum absolute atomic E-state index is 0.188. The lowest BCUT2D eigenvalue weighted by Crippen LogP contribution is -2.08. The molecule has 0 aliphatic rings. The van der Waals surface area contributed by atoms with Crippen LogP contribution in [0.2, 0.25) is 0 Å². The van der Waals surface area contributed by atoms with Gasteiger partial charge in [0.2, 0.25) is 5.91 Å². The zero-order valence-corrected chi connectivity index (χ0v) is 12.9. The summed E-state index contributed by atoms with van der Waals surface area (Å²) >= 11 is 5.37. The largest absolute Gasteiger partial charge is 0.450 e. The molecular weight excluding hydrogens is 409 g/mol. The Morgan fingerprint density at radius 1 is 1.28 bits per heavy atom. The second-order valence-electron chi connectivity index (χ2n) is 3.44. The summed E-state index contributed by atoms with van der Waals surface area (Å²) in [5.41, 5.74) is 0.799. The summed E-state index contributed by atoms with van der Waals surface area (Å²) in [7, 11) is 0. The van der Waals surface area contributed by atoms with Crippen molar-refractivity contribution in [3.05, 3.63) is 56.5 Å². The van der Waals surface area contributed by atoms with E-state index in [0.29, 0.717) is 10.4 Å². The molecule has 0 saturated heterocycles. The van der Waals surface area contributed by atoms with Crippen molar-refractivity contribution in [2.45, 2.75) is 0 Å². The molecule has 92 valence electrons. The van der Waals surface area contributed by atoms with Gasteiger partial charge < -0.3 is 9.73 Å². The van der Waals surface area contributed by atoms with Gasteiger partial charge in [-0.1, -0.05) is 12.1 Å². The molecule has 2 aromatic rings. The fourth-order valence-corrected chi connectivity index (χ4v) is 2.15. The van der Waals surface area contributed by atoms with Crippen molar-refractivity contribution in [3.63, 3.8) is 0 Å². The molecule has 3 nitrogen and oxygen atoms in total. The van der Waals surface area contributed by atoms with E-state index in [0.717, 1.165) is 9.26 Å². The van der Waals surface area contributed by atoms with E-state index in [1.165, 1.54) is 6.08 Å². The van der Waals surface area contributed by atoms with Crippen molar-refractivity contribution < 1.29 is 9.21 Å². The Balaban J connectivity index is 2.01. The van der Waals surface area contributed by atoms with Crippen LogP contribution >= 0.6 is 38.5 Å². The second-order valence-corrected chi connectivity index (χ2v) is 5.39. The SMILES string of the molecule is O=C(/C=C/c1ccc(Br)o1)Nc1ccccc1I. The third-order valence-electron chi connectivity index (χ3n) is 2.12. The molecule has 0 fully saturated rings. The lowest BCUT2D eigenvalue weighted by Gasteiger charge is -2.03. The van der Waals surface area contributed by atoms with Crippen LogP contribution in [-0.2, 0) is 4.79 Å². The van der Waals surface area contributed by atoms with Crippen molar-refractivity contribution in [3.8, 4) is 0 Å². The Kier molecular flexibility index (Phi) is 4.60. The Bertz CT molecular complexity index is 592. The first kappa shape index (κ1) is 13.4. The quantitative estimate of drug-likeness (QED) is 0.597. The Morgan fingerprint density at radius 2 is 2.06 bits per heavy atom. The number of carbonyl (C=O) groups excluding carboxylic acids is 1. The minimum Gasteiger partial charge on any atom is -0.450 e. The maximum atomic E-state index is 11.7. The number of benzene rings is 1. The number of furan rings is 1. The monoisotopic (exact) mass is 417 g/mol. The first-order valence-corrected chi connectivity index (χ1v) is 7.01. The van der Waals surface area contributed by atoms with Crippen molar-refractivity contribution in [1.82, 2.24) is 0 Å². The van der Waals surface area contributed by atoms with Crippen LogP contribution in [0, 0.1) is 3.57 Å². The molecule has 0 bridgehead atoms. The Morgan fingerprint density at radius 3 is 2.72 bits per heavy atom. The number of rotatable bonds is 3. The lowest BCUT2D eigenvalue weighted by atomic mass is 10.3. The van der Waals surface area contributed by atoms with Gasteiger partial charge in [-0.15, -0.1) is 0 Å². The molecule has 1 aromatic heterocycles. The van der Waals surface area contributed by atoms with E-state index in [1.54, 1.807) is 18.2 Å². The number of hydrogen-bond donors (Lipinski definition) is 1. The zero-order valence-electron chi connectivity index (χ0n) is 9.19. The van der Waals surface area contributed by atoms with Crippen LogP contribution < -0.4 is 5.32 Å². The van der Waals surface area contributed by atoms with Gasteiger partial charge in [-0.25, -0.2) is 0 Å². The number of halogens is 2. The van der Waals surface area contributed by atoms with E-state index < -0.39 is 0 Å². The van der Waals surface area contributed by atoms with Gasteiger partial charge >= 0.3 is 0 Å². The van der Waals surface area contributed by atoms with Gasteiger partial charge in [0.1, 0.15) is 5.76 Å². The van der Waals surface area contributed by atoms with Crippen LogP contribution in [0.1, 0.15) is 5.76 Å². The van der Waals surface area contributed by atoms with E-state index in [1.807, 2.05) is 24.3 Å². The third-order valence-corrected chi connectivity index (χ3v) is 3.49. The Hall–Kier alpha value is -1.08. The summed E-state index contributed by atoms with van der Waals surface area (Å²) in [6.45, 7) is 0. The number of hydrogen-bond acceptors (Lipinski definition) is 2. The van der Waals surface area contributed by atoms with E-state index in [4.69, 9.17) is 4.42 Å². The highest BCUT2D eigenvalue weighted by molar-refractivity contribution is 14.1. The van der Waals surface area contributed by atoms with Gasteiger partial charge in [0.25, 0.3) is 0 Å². The topological polar surface area (TPSA) is 42.2 Å². The highest BCUT2D eigenvalue weighted by Crippen LogP contribution is 2.17. The van der Waals surface area contributed by atoms with E-state index in [9.17, 15) is 4.79 Å². The molecule has 0 aliphatic heterocycles. The normalized spacial score (nSPS) is 10.8. The van der Waals surface area contributed by atoms with Crippen molar-refractivity contribution >= 4 is 56.2 Å². The fraction of sp³-hybridized carbons (Fsp3) is 0. The number of anilines is 1. The smallest absolute Gasteiger partial charge is 0.248 e. The molecule has 0 atom stereocenters. The highest BCUT2D eigenvalue weighted by atomic mass is 127. The van der Waals surface area contributed by atoms with E-state index in [2.05, 4.69) is 43.8 Å². The number of para-hydroxylation sites is 1.